The lowest BCUT2D eigenvalue weighted by Gasteiger charge is -2.13. The highest BCUT2D eigenvalue weighted by Crippen LogP contribution is 2.25. The van der Waals surface area contributed by atoms with Crippen LogP contribution in [-0.2, 0) is 0 Å². The number of hydrazine groups is 2. The number of nitrogens with one attached hydrogen (secondary N) is 2. The van der Waals surface area contributed by atoms with Gasteiger partial charge in [0.25, 0.3) is 0 Å². The number of hydrogen-bond donors (Lipinski definition) is 6. The first-order valence-electron chi connectivity index (χ1n) is 8.47. The number of ether oxygens (including phenoxy) is 3. The van der Waals surface area contributed by atoms with E-state index < -0.39 is 12.2 Å². The Morgan fingerprint density at radius 2 is 1.00 bits per heavy atom. The van der Waals surface area contributed by atoms with Crippen LogP contribution in [0.5, 0.6) is 23.0 Å². The third-order valence-corrected chi connectivity index (χ3v) is 3.47. The molecule has 0 aliphatic carbocycles. The number of nitrogens with two attached hydrogens (primary N) is 2. The Hall–Kier alpha value is -2.40. The van der Waals surface area contributed by atoms with E-state index in [1.807, 2.05) is 0 Å². The van der Waals surface area contributed by atoms with Gasteiger partial charge < -0.3 is 24.4 Å². The molecule has 2 aromatic rings. The van der Waals surface area contributed by atoms with Crippen LogP contribution in [0.1, 0.15) is 0 Å². The van der Waals surface area contributed by atoms with E-state index in [1.165, 1.54) is 0 Å². The van der Waals surface area contributed by atoms with Crippen molar-refractivity contribution in [2.75, 3.05) is 26.3 Å². The third kappa shape index (κ3) is 7.79. The van der Waals surface area contributed by atoms with Gasteiger partial charge in [-0.1, -0.05) is 0 Å². The molecule has 0 saturated heterocycles. The van der Waals surface area contributed by atoms with Gasteiger partial charge >= 0.3 is 0 Å². The summed E-state index contributed by atoms with van der Waals surface area (Å²) in [4.78, 5) is 0. The van der Waals surface area contributed by atoms with E-state index in [-0.39, 0.29) is 26.3 Å². The van der Waals surface area contributed by atoms with Crippen molar-refractivity contribution in [3.05, 3.63) is 48.5 Å². The van der Waals surface area contributed by atoms with Gasteiger partial charge in [0.2, 0.25) is 0 Å². The fourth-order valence-electron chi connectivity index (χ4n) is 2.12. The molecule has 0 spiro atoms. The van der Waals surface area contributed by atoms with Crippen LogP contribution in [0.3, 0.4) is 0 Å². The highest BCUT2D eigenvalue weighted by Gasteiger charge is 2.06. The average molecular weight is 378 g/mol. The summed E-state index contributed by atoms with van der Waals surface area (Å²) >= 11 is 0. The fourth-order valence-corrected chi connectivity index (χ4v) is 2.12. The molecule has 0 radical (unpaired) electrons. The van der Waals surface area contributed by atoms with Crippen LogP contribution in [0.2, 0.25) is 0 Å². The van der Waals surface area contributed by atoms with Gasteiger partial charge in [-0.05, 0) is 48.5 Å². The van der Waals surface area contributed by atoms with Gasteiger partial charge in [-0.15, -0.1) is 0 Å². The SMILES string of the molecule is NNCC(O)COc1ccc(Oc2ccc(OCC(O)CNN)cc2)cc1. The summed E-state index contributed by atoms with van der Waals surface area (Å²) in [6.45, 7) is 0.789. The molecule has 27 heavy (non-hydrogen) atoms. The van der Waals surface area contributed by atoms with Gasteiger partial charge in [0, 0.05) is 13.1 Å². The molecule has 0 saturated carbocycles. The number of rotatable bonds is 12. The second-order valence-corrected chi connectivity index (χ2v) is 5.79. The maximum atomic E-state index is 9.55. The summed E-state index contributed by atoms with van der Waals surface area (Å²) in [6, 6.07) is 14.1. The lowest BCUT2D eigenvalue weighted by Crippen LogP contribution is -2.35. The van der Waals surface area contributed by atoms with E-state index in [0.717, 1.165) is 0 Å². The van der Waals surface area contributed by atoms with Crippen LogP contribution < -0.4 is 36.7 Å². The Kier molecular flexibility index (Phi) is 8.78. The van der Waals surface area contributed by atoms with Crippen molar-refractivity contribution in [3.8, 4) is 23.0 Å². The quantitative estimate of drug-likeness (QED) is 0.220. The second kappa shape index (κ2) is 11.3. The summed E-state index contributed by atoms with van der Waals surface area (Å²) in [7, 11) is 0. The molecule has 2 aromatic carbocycles. The average Bonchev–Trinajstić information content (AvgIpc) is 2.67. The summed E-state index contributed by atoms with van der Waals surface area (Å²) in [6.07, 6.45) is -1.36. The summed E-state index contributed by atoms with van der Waals surface area (Å²) < 4.78 is 16.7. The molecular weight excluding hydrogens is 352 g/mol. The van der Waals surface area contributed by atoms with Gasteiger partial charge in [0.05, 0.1) is 0 Å². The van der Waals surface area contributed by atoms with Crippen LogP contribution in [0, 0.1) is 0 Å². The lowest BCUT2D eigenvalue weighted by molar-refractivity contribution is 0.106. The van der Waals surface area contributed by atoms with E-state index in [0.29, 0.717) is 23.0 Å². The molecule has 0 aromatic heterocycles. The van der Waals surface area contributed by atoms with Crippen molar-refractivity contribution in [3.63, 3.8) is 0 Å². The Morgan fingerprint density at radius 3 is 1.33 bits per heavy atom. The first kappa shape index (κ1) is 20.9. The van der Waals surface area contributed by atoms with Gasteiger partial charge in [0.1, 0.15) is 48.4 Å². The van der Waals surface area contributed by atoms with Gasteiger partial charge in [-0.25, -0.2) is 0 Å². The molecule has 0 fully saturated rings. The largest absolute Gasteiger partial charge is 0.491 e. The van der Waals surface area contributed by atoms with Crippen molar-refractivity contribution in [1.29, 1.82) is 0 Å². The van der Waals surface area contributed by atoms with Crippen LogP contribution in [0.25, 0.3) is 0 Å². The first-order chi connectivity index (χ1) is 13.1. The molecule has 2 atom stereocenters. The van der Waals surface area contributed by atoms with Crippen molar-refractivity contribution >= 4 is 0 Å². The van der Waals surface area contributed by atoms with Gasteiger partial charge in [-0.2, -0.15) is 0 Å². The Balaban J connectivity index is 1.80. The molecule has 148 valence electrons. The molecule has 2 rings (SSSR count). The van der Waals surface area contributed by atoms with Gasteiger partial charge in [0.15, 0.2) is 0 Å². The highest BCUT2D eigenvalue weighted by atomic mass is 16.5. The minimum Gasteiger partial charge on any atom is -0.491 e. The molecule has 2 unspecified atom stereocenters. The second-order valence-electron chi connectivity index (χ2n) is 5.79. The highest BCUT2D eigenvalue weighted by molar-refractivity contribution is 5.37. The molecule has 9 heteroatoms. The molecule has 0 heterocycles. The molecule has 0 aliphatic heterocycles. The van der Waals surface area contributed by atoms with Crippen LogP contribution in [-0.4, -0.2) is 48.7 Å². The molecule has 0 bridgehead atoms. The summed E-state index contributed by atoms with van der Waals surface area (Å²) in [5.74, 6) is 12.8. The molecule has 9 nitrogen and oxygen atoms in total. The van der Waals surface area contributed by atoms with E-state index in [4.69, 9.17) is 25.9 Å². The van der Waals surface area contributed by atoms with Crippen molar-refractivity contribution in [1.82, 2.24) is 10.9 Å². The normalized spacial score (nSPS) is 13.0. The topological polar surface area (TPSA) is 144 Å². The minimum absolute atomic E-state index is 0.141. The third-order valence-electron chi connectivity index (χ3n) is 3.47. The summed E-state index contributed by atoms with van der Waals surface area (Å²) in [5.41, 5.74) is 4.77. The molecular formula is C18H26N4O5. The van der Waals surface area contributed by atoms with E-state index in [9.17, 15) is 10.2 Å². The monoisotopic (exact) mass is 378 g/mol. The number of hydrogen-bond acceptors (Lipinski definition) is 9. The van der Waals surface area contributed by atoms with Crippen LogP contribution in [0.4, 0.5) is 0 Å². The predicted octanol–water partition coefficient (Wildman–Crippen LogP) is -0.115. The number of aliphatic hydroxyl groups excluding tert-OH is 2. The van der Waals surface area contributed by atoms with Crippen molar-refractivity contribution < 1.29 is 24.4 Å². The minimum atomic E-state index is -0.681. The maximum Gasteiger partial charge on any atom is 0.127 e. The Labute approximate surface area is 157 Å². The van der Waals surface area contributed by atoms with Crippen LogP contribution in [0.15, 0.2) is 48.5 Å². The van der Waals surface area contributed by atoms with E-state index in [2.05, 4.69) is 10.9 Å². The number of aliphatic hydroxyl groups is 2. The standard InChI is InChI=1S/C18H26N4O5/c19-21-9-13(23)11-25-15-1-5-17(6-2-15)27-18-7-3-16(4-8-18)26-12-14(24)10-22-20/h1-8,13-14,21-24H,9-12,19-20H2. The smallest absolute Gasteiger partial charge is 0.127 e. The van der Waals surface area contributed by atoms with Crippen LogP contribution >= 0.6 is 0 Å². The van der Waals surface area contributed by atoms with Crippen molar-refractivity contribution in [2.24, 2.45) is 11.7 Å². The lowest BCUT2D eigenvalue weighted by atomic mass is 10.3. The molecule has 0 aliphatic rings. The predicted molar refractivity (Wildman–Crippen MR) is 100 cm³/mol. The first-order valence-corrected chi connectivity index (χ1v) is 8.47. The zero-order chi connectivity index (χ0) is 19.5. The summed E-state index contributed by atoms with van der Waals surface area (Å²) in [5, 5.41) is 19.1. The zero-order valence-electron chi connectivity index (χ0n) is 14.9. The van der Waals surface area contributed by atoms with Crippen molar-refractivity contribution in [2.45, 2.75) is 12.2 Å². The fraction of sp³-hybridized carbons (Fsp3) is 0.333. The van der Waals surface area contributed by atoms with Gasteiger partial charge in [-0.3, -0.25) is 22.5 Å². The number of benzene rings is 2. The molecule has 0 amide bonds. The Bertz CT molecular complexity index is 596. The Morgan fingerprint density at radius 1 is 0.667 bits per heavy atom. The molecule has 8 N–H and O–H groups in total. The van der Waals surface area contributed by atoms with E-state index >= 15 is 0 Å². The maximum absolute atomic E-state index is 9.55. The zero-order valence-corrected chi connectivity index (χ0v) is 14.9. The van der Waals surface area contributed by atoms with E-state index in [1.54, 1.807) is 48.5 Å².